The maximum Gasteiger partial charge on any atom is 0.387 e. The molecule has 0 bridgehead atoms. The number of morpholine rings is 1. The Morgan fingerprint density at radius 2 is 2.18 bits per heavy atom. The van der Waals surface area contributed by atoms with Gasteiger partial charge in [-0.05, 0) is 19.9 Å². The molecule has 1 amide bonds. The highest BCUT2D eigenvalue weighted by Crippen LogP contribution is 2.32. The molecule has 1 fully saturated rings. The third-order valence-corrected chi connectivity index (χ3v) is 4.07. The van der Waals surface area contributed by atoms with Crippen molar-refractivity contribution in [3.05, 3.63) is 15.8 Å². The SMILES string of the molecule is Cc1cc(OC(F)F)c(C(=O)N2CC(C(=O)O)O[C@H](C)C2)s1. The molecule has 2 rings (SSSR count). The first-order chi connectivity index (χ1) is 10.3. The van der Waals surface area contributed by atoms with Crippen LogP contribution in [0, 0.1) is 6.92 Å². The number of carbonyl (C=O) groups excluding carboxylic acids is 1. The van der Waals surface area contributed by atoms with Crippen LogP contribution >= 0.6 is 11.3 Å². The molecule has 1 saturated heterocycles. The van der Waals surface area contributed by atoms with E-state index in [-0.39, 0.29) is 23.7 Å². The lowest BCUT2D eigenvalue weighted by atomic mass is 10.2. The van der Waals surface area contributed by atoms with Crippen LogP contribution in [-0.4, -0.2) is 53.8 Å². The Kier molecular flexibility index (Phi) is 4.97. The van der Waals surface area contributed by atoms with Crippen molar-refractivity contribution in [1.29, 1.82) is 0 Å². The summed E-state index contributed by atoms with van der Waals surface area (Å²) in [5.74, 6) is -1.89. The number of hydrogen-bond acceptors (Lipinski definition) is 5. The quantitative estimate of drug-likeness (QED) is 0.910. The molecule has 1 unspecified atom stereocenters. The van der Waals surface area contributed by atoms with Crippen molar-refractivity contribution in [2.24, 2.45) is 0 Å². The predicted molar refractivity (Wildman–Crippen MR) is 73.6 cm³/mol. The van der Waals surface area contributed by atoms with Crippen LogP contribution in [0.1, 0.15) is 21.5 Å². The van der Waals surface area contributed by atoms with Crippen molar-refractivity contribution in [1.82, 2.24) is 4.90 Å². The second kappa shape index (κ2) is 6.57. The molecule has 0 aliphatic carbocycles. The largest absolute Gasteiger partial charge is 0.479 e. The van der Waals surface area contributed by atoms with Gasteiger partial charge in [-0.25, -0.2) is 4.79 Å². The lowest BCUT2D eigenvalue weighted by Crippen LogP contribution is -2.51. The first-order valence-corrected chi connectivity index (χ1v) is 7.32. The normalized spacial score (nSPS) is 22.0. The van der Waals surface area contributed by atoms with Crippen molar-refractivity contribution >= 4 is 23.2 Å². The van der Waals surface area contributed by atoms with Gasteiger partial charge in [-0.1, -0.05) is 0 Å². The Hall–Kier alpha value is -1.74. The highest BCUT2D eigenvalue weighted by atomic mass is 32.1. The molecule has 122 valence electrons. The van der Waals surface area contributed by atoms with Gasteiger partial charge in [0.15, 0.2) is 6.10 Å². The van der Waals surface area contributed by atoms with E-state index in [1.165, 1.54) is 11.0 Å². The average molecular weight is 335 g/mol. The molecule has 2 atom stereocenters. The summed E-state index contributed by atoms with van der Waals surface area (Å²) in [5, 5.41) is 9.02. The third kappa shape index (κ3) is 3.72. The number of rotatable bonds is 4. The molecule has 0 radical (unpaired) electrons. The van der Waals surface area contributed by atoms with Gasteiger partial charge in [0.05, 0.1) is 12.6 Å². The van der Waals surface area contributed by atoms with Crippen LogP contribution in [0.2, 0.25) is 0 Å². The molecule has 1 aliphatic heterocycles. The number of aliphatic carboxylic acids is 1. The van der Waals surface area contributed by atoms with Crippen molar-refractivity contribution in [2.45, 2.75) is 32.7 Å². The zero-order valence-corrected chi connectivity index (χ0v) is 12.7. The molecular formula is C13H15F2NO5S. The second-order valence-corrected chi connectivity index (χ2v) is 6.17. The minimum atomic E-state index is -3.03. The van der Waals surface area contributed by atoms with Gasteiger partial charge in [-0.2, -0.15) is 8.78 Å². The summed E-state index contributed by atoms with van der Waals surface area (Å²) in [4.78, 5) is 25.5. The zero-order valence-electron chi connectivity index (χ0n) is 11.9. The lowest BCUT2D eigenvalue weighted by molar-refractivity contribution is -0.160. The number of ether oxygens (including phenoxy) is 2. The number of carbonyl (C=O) groups is 2. The van der Waals surface area contributed by atoms with Gasteiger partial charge in [-0.3, -0.25) is 4.79 Å². The molecule has 1 aliphatic rings. The topological polar surface area (TPSA) is 76.1 Å². The number of thiophene rings is 1. The van der Waals surface area contributed by atoms with Gasteiger partial charge in [0.1, 0.15) is 10.6 Å². The van der Waals surface area contributed by atoms with Crippen LogP contribution in [0.3, 0.4) is 0 Å². The van der Waals surface area contributed by atoms with Gasteiger partial charge >= 0.3 is 12.6 Å². The number of nitrogens with zero attached hydrogens (tertiary/aromatic N) is 1. The van der Waals surface area contributed by atoms with E-state index in [0.717, 1.165) is 11.3 Å². The van der Waals surface area contributed by atoms with Crippen LogP contribution in [0.4, 0.5) is 8.78 Å². The Bertz CT molecular complexity index is 577. The van der Waals surface area contributed by atoms with E-state index in [2.05, 4.69) is 4.74 Å². The highest BCUT2D eigenvalue weighted by Gasteiger charge is 2.34. The summed E-state index contributed by atoms with van der Waals surface area (Å²) in [6.07, 6.45) is -1.59. The van der Waals surface area contributed by atoms with E-state index in [9.17, 15) is 18.4 Å². The number of carboxylic acid groups (broad SMARTS) is 1. The van der Waals surface area contributed by atoms with E-state index in [1.807, 2.05) is 0 Å². The Labute approximate surface area is 129 Å². The van der Waals surface area contributed by atoms with E-state index < -0.39 is 30.7 Å². The van der Waals surface area contributed by atoms with Gasteiger partial charge in [-0.15, -0.1) is 11.3 Å². The maximum atomic E-state index is 12.5. The summed E-state index contributed by atoms with van der Waals surface area (Å²) in [7, 11) is 0. The Balaban J connectivity index is 2.22. The summed E-state index contributed by atoms with van der Waals surface area (Å²) in [6.45, 7) is 0.334. The number of carboxylic acids is 1. The fraction of sp³-hybridized carbons (Fsp3) is 0.538. The van der Waals surface area contributed by atoms with Gasteiger partial charge < -0.3 is 19.5 Å². The molecule has 1 aromatic rings. The number of aryl methyl sites for hydroxylation is 1. The number of halogens is 2. The predicted octanol–water partition coefficient (Wildman–Crippen LogP) is 1.97. The van der Waals surface area contributed by atoms with Crippen LogP contribution in [0.5, 0.6) is 5.75 Å². The highest BCUT2D eigenvalue weighted by molar-refractivity contribution is 7.14. The molecular weight excluding hydrogens is 320 g/mol. The van der Waals surface area contributed by atoms with Crippen molar-refractivity contribution in [3.8, 4) is 5.75 Å². The fourth-order valence-corrected chi connectivity index (χ4v) is 3.13. The molecule has 9 heteroatoms. The number of alkyl halides is 2. The van der Waals surface area contributed by atoms with Gasteiger partial charge in [0, 0.05) is 11.4 Å². The van der Waals surface area contributed by atoms with Crippen LogP contribution in [0.25, 0.3) is 0 Å². The Morgan fingerprint density at radius 3 is 2.77 bits per heavy atom. The molecule has 1 N–H and O–H groups in total. The van der Waals surface area contributed by atoms with Crippen molar-refractivity contribution in [2.75, 3.05) is 13.1 Å². The molecule has 2 heterocycles. The minimum absolute atomic E-state index is 0.0380. The molecule has 0 saturated carbocycles. The third-order valence-electron chi connectivity index (χ3n) is 3.05. The molecule has 22 heavy (non-hydrogen) atoms. The van der Waals surface area contributed by atoms with Crippen LogP contribution in [0.15, 0.2) is 6.07 Å². The summed E-state index contributed by atoms with van der Waals surface area (Å²) >= 11 is 1.03. The summed E-state index contributed by atoms with van der Waals surface area (Å²) < 4.78 is 34.4. The molecule has 0 aromatic carbocycles. The molecule has 0 spiro atoms. The number of amides is 1. The lowest BCUT2D eigenvalue weighted by Gasteiger charge is -2.34. The molecule has 6 nitrogen and oxygen atoms in total. The van der Waals surface area contributed by atoms with Crippen molar-refractivity contribution < 1.29 is 33.0 Å². The second-order valence-electron chi connectivity index (χ2n) is 4.91. The fourth-order valence-electron chi connectivity index (χ4n) is 2.22. The molecule has 1 aromatic heterocycles. The first kappa shape index (κ1) is 16.6. The van der Waals surface area contributed by atoms with E-state index in [1.54, 1.807) is 13.8 Å². The van der Waals surface area contributed by atoms with Gasteiger partial charge in [0.25, 0.3) is 5.91 Å². The van der Waals surface area contributed by atoms with Crippen LogP contribution < -0.4 is 4.74 Å². The standard InChI is InChI=1S/C13H15F2NO5S/c1-6-4-16(5-9(20-6)12(18)19)11(17)10-8(21-13(14)15)3-7(2)22-10/h3,6,9,13H,4-5H2,1-2H3,(H,18,19)/t6-,9?/m1/s1. The monoisotopic (exact) mass is 335 g/mol. The van der Waals surface area contributed by atoms with E-state index >= 15 is 0 Å². The average Bonchev–Trinajstić information content (AvgIpc) is 2.77. The summed E-state index contributed by atoms with van der Waals surface area (Å²) in [6, 6.07) is 1.36. The number of hydrogen-bond donors (Lipinski definition) is 1. The smallest absolute Gasteiger partial charge is 0.387 e. The first-order valence-electron chi connectivity index (χ1n) is 6.50. The summed E-state index contributed by atoms with van der Waals surface area (Å²) in [5.41, 5.74) is 0. The minimum Gasteiger partial charge on any atom is -0.479 e. The zero-order chi connectivity index (χ0) is 16.4. The van der Waals surface area contributed by atoms with Crippen LogP contribution in [-0.2, 0) is 9.53 Å². The maximum absolute atomic E-state index is 12.5. The Morgan fingerprint density at radius 1 is 1.50 bits per heavy atom. The van der Waals surface area contributed by atoms with E-state index in [4.69, 9.17) is 9.84 Å². The van der Waals surface area contributed by atoms with Gasteiger partial charge in [0.2, 0.25) is 0 Å². The van der Waals surface area contributed by atoms with Crippen molar-refractivity contribution in [3.63, 3.8) is 0 Å². The van der Waals surface area contributed by atoms with E-state index in [0.29, 0.717) is 4.88 Å².